The standard InChI is InChI=1S/C17H27N/c1-16(2)12-15(13-17(3,4)18(16)5)11-14-9-7-6-8-10-14/h6-10,15H,11-13H2,1-5H3/i15T. The molecule has 0 unspecified atom stereocenters. The molecule has 0 bridgehead atoms. The smallest absolute Gasteiger partial charge is 0.0307 e. The van der Waals surface area contributed by atoms with Gasteiger partial charge in [-0.25, -0.2) is 0 Å². The summed E-state index contributed by atoms with van der Waals surface area (Å²) in [6, 6.07) is 10.5. The van der Waals surface area contributed by atoms with E-state index in [1.54, 1.807) is 0 Å². The third-order valence-corrected chi connectivity index (χ3v) is 4.48. The average molecular weight is 247 g/mol. The van der Waals surface area contributed by atoms with Gasteiger partial charge in [0.05, 0.1) is 0 Å². The number of hydrogen-bond donors (Lipinski definition) is 0. The minimum atomic E-state index is -0.360. The zero-order valence-corrected chi connectivity index (χ0v) is 12.5. The molecule has 1 heterocycles. The summed E-state index contributed by atoms with van der Waals surface area (Å²) in [6.07, 6.45) is 2.71. The molecule has 0 saturated carbocycles. The first-order valence-electron chi connectivity index (χ1n) is 7.43. The van der Waals surface area contributed by atoms with Crippen LogP contribution in [0.1, 0.15) is 47.5 Å². The van der Waals surface area contributed by atoms with Crippen molar-refractivity contribution in [1.29, 1.82) is 0 Å². The summed E-state index contributed by atoms with van der Waals surface area (Å²) in [4.78, 5) is 2.44. The quantitative estimate of drug-likeness (QED) is 0.759. The molecule has 18 heavy (non-hydrogen) atoms. The van der Waals surface area contributed by atoms with Crippen LogP contribution in [0.4, 0.5) is 0 Å². The van der Waals surface area contributed by atoms with Gasteiger partial charge in [0.25, 0.3) is 0 Å². The lowest BCUT2D eigenvalue weighted by atomic mass is 9.72. The molecule has 0 N–H and O–H groups in total. The van der Waals surface area contributed by atoms with E-state index >= 15 is 0 Å². The highest BCUT2D eigenvalue weighted by Gasteiger charge is 2.42. The molecule has 1 aliphatic heterocycles. The predicted molar refractivity (Wildman–Crippen MR) is 78.8 cm³/mol. The zero-order valence-electron chi connectivity index (χ0n) is 13.5. The molecule has 1 aromatic rings. The van der Waals surface area contributed by atoms with E-state index in [0.717, 1.165) is 19.3 Å². The highest BCUT2D eigenvalue weighted by molar-refractivity contribution is 5.16. The van der Waals surface area contributed by atoms with Crippen LogP contribution >= 0.6 is 0 Å². The minimum Gasteiger partial charge on any atom is -0.296 e. The van der Waals surface area contributed by atoms with Crippen molar-refractivity contribution in [3.63, 3.8) is 0 Å². The Labute approximate surface area is 114 Å². The molecule has 0 radical (unpaired) electrons. The van der Waals surface area contributed by atoms with Crippen molar-refractivity contribution in [2.75, 3.05) is 7.05 Å². The summed E-state index contributed by atoms with van der Waals surface area (Å²) in [5.41, 5.74) is 1.45. The molecule has 1 fully saturated rings. The van der Waals surface area contributed by atoms with Gasteiger partial charge in [0.1, 0.15) is 0 Å². The van der Waals surface area contributed by atoms with Gasteiger partial charge in [-0.15, -0.1) is 0 Å². The van der Waals surface area contributed by atoms with Gasteiger partial charge in [0.15, 0.2) is 0 Å². The fourth-order valence-electron chi connectivity index (χ4n) is 3.35. The summed E-state index contributed by atoms with van der Waals surface area (Å²) in [5.74, 6) is -0.360. The van der Waals surface area contributed by atoms with E-state index in [9.17, 15) is 0 Å². The van der Waals surface area contributed by atoms with Crippen molar-refractivity contribution in [2.24, 2.45) is 5.89 Å². The maximum atomic E-state index is 8.93. The molecule has 0 aromatic heterocycles. The molecule has 0 atom stereocenters. The number of rotatable bonds is 2. The van der Waals surface area contributed by atoms with E-state index in [2.05, 4.69) is 63.9 Å². The van der Waals surface area contributed by atoms with Crippen LogP contribution in [-0.2, 0) is 6.42 Å². The molecule has 1 heteroatoms. The van der Waals surface area contributed by atoms with Crippen LogP contribution in [-0.4, -0.2) is 23.0 Å². The van der Waals surface area contributed by atoms with E-state index < -0.39 is 0 Å². The molecule has 0 aliphatic carbocycles. The summed E-state index contributed by atoms with van der Waals surface area (Å²) < 4.78 is 8.93. The lowest BCUT2D eigenvalue weighted by Gasteiger charge is -2.54. The molecule has 1 aliphatic rings. The van der Waals surface area contributed by atoms with Crippen molar-refractivity contribution >= 4 is 0 Å². The Bertz CT molecular complexity index is 418. The summed E-state index contributed by atoms with van der Waals surface area (Å²) in [5, 5.41) is 0. The van der Waals surface area contributed by atoms with E-state index in [4.69, 9.17) is 1.37 Å². The molecule has 0 amide bonds. The average Bonchev–Trinajstić information content (AvgIpc) is 2.25. The third-order valence-electron chi connectivity index (χ3n) is 4.48. The van der Waals surface area contributed by atoms with Crippen LogP contribution in [0.5, 0.6) is 0 Å². The van der Waals surface area contributed by atoms with E-state index in [1.807, 2.05) is 6.07 Å². The van der Waals surface area contributed by atoms with Crippen molar-refractivity contribution in [3.8, 4) is 0 Å². The Morgan fingerprint density at radius 2 is 1.61 bits per heavy atom. The Hall–Kier alpha value is -0.820. The number of hydrogen-bond acceptors (Lipinski definition) is 1. The molecule has 0 spiro atoms. The maximum absolute atomic E-state index is 8.93. The first kappa shape index (κ1) is 12.2. The van der Waals surface area contributed by atoms with Crippen LogP contribution < -0.4 is 0 Å². The molecular formula is C17H27N. The normalized spacial score (nSPS) is 26.6. The lowest BCUT2D eigenvalue weighted by molar-refractivity contribution is -0.0296. The third kappa shape index (κ3) is 2.77. The van der Waals surface area contributed by atoms with E-state index in [0.29, 0.717) is 0 Å². The predicted octanol–water partition coefficient (Wildman–Crippen LogP) is 4.13. The monoisotopic (exact) mass is 247 g/mol. The van der Waals surface area contributed by atoms with Gasteiger partial charge in [0, 0.05) is 12.4 Å². The van der Waals surface area contributed by atoms with Gasteiger partial charge in [-0.1, -0.05) is 30.3 Å². The summed E-state index contributed by atoms with van der Waals surface area (Å²) >= 11 is 0. The van der Waals surface area contributed by atoms with Gasteiger partial charge in [-0.3, -0.25) is 4.90 Å². The highest BCUT2D eigenvalue weighted by atomic mass is 15.2. The first-order chi connectivity index (χ1) is 8.65. The van der Waals surface area contributed by atoms with E-state index in [1.165, 1.54) is 5.56 Å². The number of benzene rings is 1. The molecule has 1 aromatic carbocycles. The van der Waals surface area contributed by atoms with Crippen molar-refractivity contribution in [1.82, 2.24) is 4.90 Å². The molecule has 1 nitrogen and oxygen atoms in total. The van der Waals surface area contributed by atoms with Crippen LogP contribution in [0, 0.1) is 5.89 Å². The second-order valence-electron chi connectivity index (χ2n) is 6.95. The van der Waals surface area contributed by atoms with Gasteiger partial charge in [-0.05, 0) is 65.5 Å². The molecule has 2 rings (SSSR count). The minimum absolute atomic E-state index is 0.0816. The Morgan fingerprint density at radius 3 is 2.11 bits per heavy atom. The summed E-state index contributed by atoms with van der Waals surface area (Å²) in [6.45, 7) is 9.06. The van der Waals surface area contributed by atoms with Crippen LogP contribution in [0.25, 0.3) is 0 Å². The second kappa shape index (κ2) is 4.70. The SMILES string of the molecule is [3H]C1(Cc2ccccc2)CC(C)(C)N(C)C(C)(C)C1. The zero-order chi connectivity index (χ0) is 14.3. The van der Waals surface area contributed by atoms with Gasteiger partial charge in [0.2, 0.25) is 0 Å². The van der Waals surface area contributed by atoms with Crippen molar-refractivity contribution in [3.05, 3.63) is 35.9 Å². The van der Waals surface area contributed by atoms with Gasteiger partial charge in [-0.2, -0.15) is 0 Å². The lowest BCUT2D eigenvalue weighted by Crippen LogP contribution is -2.58. The highest BCUT2D eigenvalue weighted by Crippen LogP contribution is 2.41. The first-order valence-corrected chi connectivity index (χ1v) is 6.93. The topological polar surface area (TPSA) is 3.24 Å². The molecule has 100 valence electrons. The number of likely N-dealkylation sites (tertiary alicyclic amines) is 1. The fraction of sp³-hybridized carbons (Fsp3) is 0.647. The van der Waals surface area contributed by atoms with Crippen LogP contribution in [0.3, 0.4) is 0 Å². The van der Waals surface area contributed by atoms with E-state index in [-0.39, 0.29) is 17.0 Å². The van der Waals surface area contributed by atoms with Gasteiger partial charge < -0.3 is 0 Å². The maximum Gasteiger partial charge on any atom is 0.0307 e. The largest absolute Gasteiger partial charge is 0.296 e. The molecule has 1 saturated heterocycles. The van der Waals surface area contributed by atoms with Crippen molar-refractivity contribution in [2.45, 2.75) is 58.0 Å². The Kier molecular flexibility index (Phi) is 3.19. The Balaban J connectivity index is 2.24. The second-order valence-corrected chi connectivity index (χ2v) is 6.95. The van der Waals surface area contributed by atoms with Crippen LogP contribution in [0.15, 0.2) is 30.3 Å². The van der Waals surface area contributed by atoms with Gasteiger partial charge >= 0.3 is 0 Å². The number of piperidine rings is 1. The summed E-state index contributed by atoms with van der Waals surface area (Å²) in [7, 11) is 2.20. The van der Waals surface area contributed by atoms with Crippen molar-refractivity contribution < 1.29 is 1.37 Å². The number of nitrogens with zero attached hydrogens (tertiary/aromatic N) is 1. The van der Waals surface area contributed by atoms with Crippen LogP contribution in [0.2, 0.25) is 0 Å². The Morgan fingerprint density at radius 1 is 1.11 bits per heavy atom. The molecular weight excluding hydrogens is 218 g/mol. The fourth-order valence-corrected chi connectivity index (χ4v) is 3.35.